The zero-order valence-corrected chi connectivity index (χ0v) is 13.8. The third-order valence-electron chi connectivity index (χ3n) is 4.48. The Morgan fingerprint density at radius 2 is 2.18 bits per heavy atom. The van der Waals surface area contributed by atoms with Crippen LogP contribution in [-0.2, 0) is 14.3 Å². The summed E-state index contributed by atoms with van der Waals surface area (Å²) in [5, 5.41) is 2.98. The van der Waals surface area contributed by atoms with Crippen molar-refractivity contribution in [3.05, 3.63) is 22.9 Å². The zero-order chi connectivity index (χ0) is 16.1. The summed E-state index contributed by atoms with van der Waals surface area (Å²) in [6.07, 6.45) is 5.19. The molecule has 5 heteroatoms. The van der Waals surface area contributed by atoms with Crippen LogP contribution in [0.5, 0.6) is 0 Å². The van der Waals surface area contributed by atoms with E-state index in [-0.39, 0.29) is 18.3 Å². The van der Waals surface area contributed by atoms with Crippen LogP contribution in [-0.4, -0.2) is 42.5 Å². The Labute approximate surface area is 132 Å². The van der Waals surface area contributed by atoms with Crippen LogP contribution in [0.3, 0.4) is 0 Å². The van der Waals surface area contributed by atoms with Crippen molar-refractivity contribution in [2.24, 2.45) is 0 Å². The maximum Gasteiger partial charge on any atom is 0.323 e. The Morgan fingerprint density at radius 3 is 2.91 bits per heavy atom. The van der Waals surface area contributed by atoms with Gasteiger partial charge in [-0.05, 0) is 45.7 Å². The number of nitrogens with zero attached hydrogens (tertiary/aromatic N) is 1. The fourth-order valence-corrected chi connectivity index (χ4v) is 2.96. The van der Waals surface area contributed by atoms with Crippen LogP contribution in [0.1, 0.15) is 46.5 Å². The van der Waals surface area contributed by atoms with Crippen LogP contribution in [0.2, 0.25) is 0 Å². The number of cyclic esters (lactones) is 1. The largest absolute Gasteiger partial charge is 0.463 e. The standard InChI is InChI=1S/C17H26N2O3/c1-4-19-8-9-22-17(21)15(19)11-16(20)18-14-7-5-6-12(2)13(3)10-14/h10,15H,4-9,11H2,1-3H3,(H,18,20). The van der Waals surface area contributed by atoms with E-state index in [0.717, 1.165) is 31.5 Å². The second-order valence-corrected chi connectivity index (χ2v) is 6.05. The third-order valence-corrected chi connectivity index (χ3v) is 4.48. The van der Waals surface area contributed by atoms with Gasteiger partial charge in [-0.15, -0.1) is 0 Å². The molecule has 0 bridgehead atoms. The molecule has 1 saturated heterocycles. The molecule has 1 amide bonds. The van der Waals surface area contributed by atoms with Gasteiger partial charge in [-0.25, -0.2) is 0 Å². The van der Waals surface area contributed by atoms with Gasteiger partial charge in [0, 0.05) is 12.2 Å². The molecule has 1 N–H and O–H groups in total. The lowest BCUT2D eigenvalue weighted by Crippen LogP contribution is -2.50. The van der Waals surface area contributed by atoms with Crippen molar-refractivity contribution in [2.45, 2.75) is 52.5 Å². The summed E-state index contributed by atoms with van der Waals surface area (Å²) in [6.45, 7) is 8.06. The molecule has 0 spiro atoms. The van der Waals surface area contributed by atoms with Crippen molar-refractivity contribution < 1.29 is 14.3 Å². The molecule has 0 aromatic rings. The average molecular weight is 306 g/mol. The number of esters is 1. The molecule has 0 aromatic carbocycles. The van der Waals surface area contributed by atoms with E-state index in [4.69, 9.17) is 4.74 Å². The molecule has 1 heterocycles. The molecule has 1 aliphatic carbocycles. The second-order valence-electron chi connectivity index (χ2n) is 6.05. The fraction of sp³-hybridized carbons (Fsp3) is 0.647. The van der Waals surface area contributed by atoms with Gasteiger partial charge in [0.1, 0.15) is 12.6 Å². The molecular weight excluding hydrogens is 280 g/mol. The number of hydrogen-bond acceptors (Lipinski definition) is 4. The summed E-state index contributed by atoms with van der Waals surface area (Å²) in [4.78, 5) is 26.2. The lowest BCUT2D eigenvalue weighted by atomic mass is 10.1. The zero-order valence-electron chi connectivity index (χ0n) is 13.8. The number of allylic oxidation sites excluding steroid dienone is 4. The molecule has 1 unspecified atom stereocenters. The topological polar surface area (TPSA) is 58.6 Å². The molecule has 122 valence electrons. The van der Waals surface area contributed by atoms with Crippen LogP contribution in [0.4, 0.5) is 0 Å². The van der Waals surface area contributed by atoms with Crippen molar-refractivity contribution in [1.29, 1.82) is 0 Å². The summed E-state index contributed by atoms with van der Waals surface area (Å²) in [5.41, 5.74) is 3.55. The lowest BCUT2D eigenvalue weighted by molar-refractivity contribution is -0.159. The molecule has 0 aromatic heterocycles. The molecular formula is C17H26N2O3. The Hall–Kier alpha value is -1.62. The van der Waals surface area contributed by atoms with Crippen molar-refractivity contribution in [1.82, 2.24) is 10.2 Å². The predicted molar refractivity (Wildman–Crippen MR) is 85.1 cm³/mol. The minimum Gasteiger partial charge on any atom is -0.463 e. The smallest absolute Gasteiger partial charge is 0.323 e. The Morgan fingerprint density at radius 1 is 1.41 bits per heavy atom. The van der Waals surface area contributed by atoms with Crippen LogP contribution in [0.25, 0.3) is 0 Å². The number of carbonyl (C=O) groups is 2. The highest BCUT2D eigenvalue weighted by Crippen LogP contribution is 2.21. The normalized spacial score (nSPS) is 23.7. The molecule has 1 aliphatic heterocycles. The summed E-state index contributed by atoms with van der Waals surface area (Å²) < 4.78 is 5.08. The van der Waals surface area contributed by atoms with Gasteiger partial charge < -0.3 is 10.1 Å². The first kappa shape index (κ1) is 16.7. The van der Waals surface area contributed by atoms with Gasteiger partial charge in [0.2, 0.25) is 5.91 Å². The Kier molecular flexibility index (Phi) is 5.77. The fourth-order valence-electron chi connectivity index (χ4n) is 2.96. The third kappa shape index (κ3) is 4.19. The van der Waals surface area contributed by atoms with Gasteiger partial charge in [-0.3, -0.25) is 14.5 Å². The monoisotopic (exact) mass is 306 g/mol. The summed E-state index contributed by atoms with van der Waals surface area (Å²) in [5.74, 6) is -0.397. The highest BCUT2D eigenvalue weighted by Gasteiger charge is 2.32. The predicted octanol–water partition coefficient (Wildman–Crippen LogP) is 2.14. The van der Waals surface area contributed by atoms with Gasteiger partial charge in [0.15, 0.2) is 0 Å². The van der Waals surface area contributed by atoms with E-state index in [1.807, 2.05) is 11.8 Å². The van der Waals surface area contributed by atoms with E-state index >= 15 is 0 Å². The first-order chi connectivity index (χ1) is 10.5. The molecule has 1 atom stereocenters. The number of amides is 1. The van der Waals surface area contributed by atoms with Crippen molar-refractivity contribution >= 4 is 11.9 Å². The number of morpholine rings is 1. The summed E-state index contributed by atoms with van der Waals surface area (Å²) in [7, 11) is 0. The van der Waals surface area contributed by atoms with Gasteiger partial charge in [0.05, 0.1) is 6.42 Å². The van der Waals surface area contributed by atoms with Gasteiger partial charge in [-0.1, -0.05) is 18.1 Å². The first-order valence-corrected chi connectivity index (χ1v) is 8.08. The lowest BCUT2D eigenvalue weighted by Gasteiger charge is -2.32. The second kappa shape index (κ2) is 7.58. The number of ether oxygens (including phenoxy) is 1. The minimum atomic E-state index is -0.455. The number of carbonyl (C=O) groups excluding carboxylic acids is 2. The van der Waals surface area contributed by atoms with Crippen LogP contribution in [0.15, 0.2) is 22.9 Å². The Balaban J connectivity index is 1.97. The van der Waals surface area contributed by atoms with Gasteiger partial charge >= 0.3 is 5.97 Å². The average Bonchev–Trinajstić information content (AvgIpc) is 2.63. The molecule has 0 radical (unpaired) electrons. The quantitative estimate of drug-likeness (QED) is 0.809. The van der Waals surface area contributed by atoms with E-state index in [0.29, 0.717) is 13.2 Å². The number of rotatable bonds is 4. The van der Waals surface area contributed by atoms with Crippen LogP contribution < -0.4 is 5.32 Å². The Bertz CT molecular complexity index is 508. The van der Waals surface area contributed by atoms with Gasteiger partial charge in [-0.2, -0.15) is 0 Å². The van der Waals surface area contributed by atoms with Gasteiger partial charge in [0.25, 0.3) is 0 Å². The number of hydrogen-bond donors (Lipinski definition) is 1. The summed E-state index contributed by atoms with van der Waals surface area (Å²) in [6, 6.07) is -0.455. The SMILES string of the molecule is CCN1CCOC(=O)C1CC(=O)NC1=CC(C)=C(C)CCC1. The maximum absolute atomic E-state index is 12.3. The highest BCUT2D eigenvalue weighted by molar-refractivity contribution is 5.86. The van der Waals surface area contributed by atoms with E-state index < -0.39 is 6.04 Å². The molecule has 2 aliphatic rings. The number of nitrogens with one attached hydrogen (secondary N) is 1. The molecule has 2 rings (SSSR count). The first-order valence-electron chi connectivity index (χ1n) is 8.08. The highest BCUT2D eigenvalue weighted by atomic mass is 16.5. The van der Waals surface area contributed by atoms with E-state index in [9.17, 15) is 9.59 Å². The van der Waals surface area contributed by atoms with Crippen LogP contribution in [0, 0.1) is 0 Å². The minimum absolute atomic E-state index is 0.110. The van der Waals surface area contributed by atoms with Crippen LogP contribution >= 0.6 is 0 Å². The van der Waals surface area contributed by atoms with Crippen molar-refractivity contribution in [3.63, 3.8) is 0 Å². The van der Waals surface area contributed by atoms with E-state index in [1.54, 1.807) is 0 Å². The molecule has 1 fully saturated rings. The molecule has 0 saturated carbocycles. The maximum atomic E-state index is 12.3. The van der Waals surface area contributed by atoms with Crippen molar-refractivity contribution in [2.75, 3.05) is 19.7 Å². The van der Waals surface area contributed by atoms with Crippen molar-refractivity contribution in [3.8, 4) is 0 Å². The molecule has 22 heavy (non-hydrogen) atoms. The summed E-state index contributed by atoms with van der Waals surface area (Å²) >= 11 is 0. The number of likely N-dealkylation sites (N-methyl/N-ethyl adjacent to an activating group) is 1. The van der Waals surface area contributed by atoms with E-state index in [2.05, 4.69) is 25.2 Å². The van der Waals surface area contributed by atoms with E-state index in [1.165, 1.54) is 11.1 Å². The molecule has 5 nitrogen and oxygen atoms in total.